The zero-order valence-electron chi connectivity index (χ0n) is 16.0. The number of hydrogen-bond acceptors (Lipinski definition) is 7. The van der Waals surface area contributed by atoms with Crippen molar-refractivity contribution in [1.82, 2.24) is 5.32 Å². The predicted molar refractivity (Wildman–Crippen MR) is 105 cm³/mol. The van der Waals surface area contributed by atoms with Gasteiger partial charge in [0.25, 0.3) is 0 Å². The molecule has 0 fully saturated rings. The number of carboxylic acids is 1. The van der Waals surface area contributed by atoms with Crippen molar-refractivity contribution in [3.05, 3.63) is 45.0 Å². The molecule has 0 aliphatic carbocycles. The van der Waals surface area contributed by atoms with Crippen LogP contribution in [-0.4, -0.2) is 29.9 Å². The molecule has 0 radical (unpaired) electrons. The highest BCUT2D eigenvalue weighted by Crippen LogP contribution is 2.32. The van der Waals surface area contributed by atoms with Crippen molar-refractivity contribution in [3.63, 3.8) is 0 Å². The Morgan fingerprint density at radius 1 is 1.18 bits per heavy atom. The molecule has 2 aromatic heterocycles. The first-order valence-electron chi connectivity index (χ1n) is 8.67. The van der Waals surface area contributed by atoms with E-state index in [1.165, 1.54) is 11.8 Å². The van der Waals surface area contributed by atoms with E-state index in [1.807, 2.05) is 19.9 Å². The zero-order valence-corrected chi connectivity index (χ0v) is 16.8. The number of nitrogens with one attached hydrogen (secondary N) is 1. The van der Waals surface area contributed by atoms with Gasteiger partial charge in [-0.05, 0) is 44.2 Å². The predicted octanol–water partition coefficient (Wildman–Crippen LogP) is 1.60. The van der Waals surface area contributed by atoms with Gasteiger partial charge in [0.15, 0.2) is 0 Å². The molecule has 0 saturated carbocycles. The first kappa shape index (κ1) is 20.0. The fourth-order valence-electron chi connectivity index (χ4n) is 3.26. The second-order valence-corrected chi connectivity index (χ2v) is 7.65. The number of benzene rings is 1. The lowest BCUT2D eigenvalue weighted by Gasteiger charge is -2.18. The van der Waals surface area contributed by atoms with Crippen LogP contribution in [0, 0.1) is 20.8 Å². The van der Waals surface area contributed by atoms with Crippen molar-refractivity contribution >= 4 is 45.6 Å². The van der Waals surface area contributed by atoms with Gasteiger partial charge in [0.05, 0.1) is 30.3 Å². The van der Waals surface area contributed by atoms with Crippen LogP contribution in [0.15, 0.2) is 26.0 Å². The summed E-state index contributed by atoms with van der Waals surface area (Å²) in [6.07, 6.45) is 3.10. The number of furan rings is 1. The van der Waals surface area contributed by atoms with Gasteiger partial charge in [-0.3, -0.25) is 4.79 Å². The van der Waals surface area contributed by atoms with Gasteiger partial charge >= 0.3 is 5.63 Å². The van der Waals surface area contributed by atoms with Crippen molar-refractivity contribution in [2.75, 3.05) is 12.0 Å². The van der Waals surface area contributed by atoms with Crippen LogP contribution in [0.1, 0.15) is 22.3 Å². The molecule has 1 N–H and O–H groups in total. The standard InChI is InChI=1S/C20H21NO6S/c1-9-7-26-17-11(3)18-13(5-12(9)17)10(2)14(20(25)27-18)6-16(22)21-15(8-28-4)19(23)24/h5,7,15H,6,8H2,1-4H3,(H,21,22)(H,23,24)/p-1/t15-/m0/s1. The van der Waals surface area contributed by atoms with Crippen LogP contribution in [-0.2, 0) is 16.0 Å². The van der Waals surface area contributed by atoms with E-state index in [0.717, 1.165) is 16.3 Å². The van der Waals surface area contributed by atoms with E-state index in [9.17, 15) is 19.5 Å². The average molecular weight is 402 g/mol. The maximum absolute atomic E-state index is 12.5. The fourth-order valence-corrected chi connectivity index (χ4v) is 3.82. The Bertz CT molecular complexity index is 1140. The lowest BCUT2D eigenvalue weighted by molar-refractivity contribution is -0.307. The number of carbonyl (C=O) groups excluding carboxylic acids is 2. The molecule has 2 heterocycles. The molecule has 148 valence electrons. The summed E-state index contributed by atoms with van der Waals surface area (Å²) in [5.41, 5.74) is 2.96. The second kappa shape index (κ2) is 7.71. The topological polar surface area (TPSA) is 113 Å². The van der Waals surface area contributed by atoms with Crippen molar-refractivity contribution in [3.8, 4) is 0 Å². The van der Waals surface area contributed by atoms with Gasteiger partial charge in [-0.1, -0.05) is 0 Å². The highest BCUT2D eigenvalue weighted by atomic mass is 32.2. The molecule has 3 rings (SSSR count). The molecule has 0 bridgehead atoms. The third-order valence-electron chi connectivity index (χ3n) is 4.83. The lowest BCUT2D eigenvalue weighted by Crippen LogP contribution is -2.50. The average Bonchev–Trinajstić information content (AvgIpc) is 3.01. The molecule has 8 heteroatoms. The highest BCUT2D eigenvalue weighted by molar-refractivity contribution is 7.98. The first-order valence-corrected chi connectivity index (χ1v) is 10.1. The third kappa shape index (κ3) is 3.52. The van der Waals surface area contributed by atoms with E-state index in [-0.39, 0.29) is 17.7 Å². The van der Waals surface area contributed by atoms with Crippen LogP contribution in [0.2, 0.25) is 0 Å². The Kier molecular flexibility index (Phi) is 5.51. The molecular weight excluding hydrogens is 382 g/mol. The van der Waals surface area contributed by atoms with Crippen LogP contribution in [0.25, 0.3) is 21.9 Å². The number of carbonyl (C=O) groups is 2. The number of aryl methyl sites for hydroxylation is 3. The van der Waals surface area contributed by atoms with E-state index < -0.39 is 23.5 Å². The van der Waals surface area contributed by atoms with E-state index in [4.69, 9.17) is 8.83 Å². The zero-order chi connectivity index (χ0) is 20.6. The molecule has 7 nitrogen and oxygen atoms in total. The summed E-state index contributed by atoms with van der Waals surface area (Å²) in [7, 11) is 0. The van der Waals surface area contributed by atoms with Crippen molar-refractivity contribution in [1.29, 1.82) is 0 Å². The van der Waals surface area contributed by atoms with Gasteiger partial charge in [-0.25, -0.2) is 4.79 Å². The number of aliphatic carboxylic acids is 1. The molecule has 0 unspecified atom stereocenters. The van der Waals surface area contributed by atoms with E-state index >= 15 is 0 Å². The Balaban J connectivity index is 2.03. The van der Waals surface area contributed by atoms with Crippen molar-refractivity contribution in [2.45, 2.75) is 33.2 Å². The van der Waals surface area contributed by atoms with Gasteiger partial charge in [-0.2, -0.15) is 11.8 Å². The van der Waals surface area contributed by atoms with E-state index in [0.29, 0.717) is 22.3 Å². The molecule has 3 aromatic rings. The third-order valence-corrected chi connectivity index (χ3v) is 5.49. The number of rotatable bonds is 6. The Hall–Kier alpha value is -2.74. The minimum atomic E-state index is -1.36. The molecule has 0 aliphatic rings. The summed E-state index contributed by atoms with van der Waals surface area (Å²) in [6, 6.07) is 0.763. The number of thioether (sulfide) groups is 1. The minimum absolute atomic E-state index is 0.177. The summed E-state index contributed by atoms with van der Waals surface area (Å²) in [5.74, 6) is -1.76. The van der Waals surface area contributed by atoms with Crippen LogP contribution < -0.4 is 16.0 Å². The smallest absolute Gasteiger partial charge is 0.340 e. The summed E-state index contributed by atoms with van der Waals surface area (Å²) in [4.78, 5) is 36.0. The highest BCUT2D eigenvalue weighted by Gasteiger charge is 2.20. The first-order chi connectivity index (χ1) is 13.2. The summed E-state index contributed by atoms with van der Waals surface area (Å²) in [5, 5.41) is 15.2. The summed E-state index contributed by atoms with van der Waals surface area (Å²) in [6.45, 7) is 5.49. The monoisotopic (exact) mass is 402 g/mol. The van der Waals surface area contributed by atoms with Crippen molar-refractivity contribution in [2.24, 2.45) is 0 Å². The lowest BCUT2D eigenvalue weighted by atomic mass is 9.99. The Morgan fingerprint density at radius 2 is 1.89 bits per heavy atom. The van der Waals surface area contributed by atoms with Gasteiger partial charge in [-0.15, -0.1) is 0 Å². The van der Waals surface area contributed by atoms with Crippen LogP contribution in [0.5, 0.6) is 0 Å². The van der Waals surface area contributed by atoms with Gasteiger partial charge in [0, 0.05) is 22.1 Å². The largest absolute Gasteiger partial charge is 0.548 e. The normalized spacial score (nSPS) is 12.4. The minimum Gasteiger partial charge on any atom is -0.548 e. The molecule has 28 heavy (non-hydrogen) atoms. The number of fused-ring (bicyclic) bond motifs is 2. The Morgan fingerprint density at radius 3 is 2.54 bits per heavy atom. The molecule has 1 aromatic carbocycles. The fraction of sp³-hybridized carbons (Fsp3) is 0.350. The van der Waals surface area contributed by atoms with E-state index in [2.05, 4.69) is 5.32 Å². The summed E-state index contributed by atoms with van der Waals surface area (Å²) < 4.78 is 11.1. The molecule has 0 spiro atoms. The maximum atomic E-state index is 12.5. The molecule has 1 amide bonds. The Labute approximate surface area is 165 Å². The number of hydrogen-bond donors (Lipinski definition) is 1. The summed E-state index contributed by atoms with van der Waals surface area (Å²) >= 11 is 1.27. The van der Waals surface area contributed by atoms with Crippen LogP contribution >= 0.6 is 11.8 Å². The molecular formula is C20H20NO6S-. The molecule has 0 aliphatic heterocycles. The van der Waals surface area contributed by atoms with Gasteiger partial charge < -0.3 is 24.1 Å². The van der Waals surface area contributed by atoms with Crippen LogP contribution in [0.4, 0.5) is 0 Å². The quantitative estimate of drug-likeness (QED) is 0.623. The van der Waals surface area contributed by atoms with E-state index in [1.54, 1.807) is 19.4 Å². The molecule has 1 atom stereocenters. The SMILES string of the molecule is CSC[C@H](NC(=O)Cc1c(C)c2cc3c(C)coc3c(C)c2oc1=O)C(=O)[O-]. The maximum Gasteiger partial charge on any atom is 0.340 e. The van der Waals surface area contributed by atoms with Gasteiger partial charge in [0.1, 0.15) is 11.2 Å². The van der Waals surface area contributed by atoms with Gasteiger partial charge in [0.2, 0.25) is 5.91 Å². The molecule has 0 saturated heterocycles. The second-order valence-electron chi connectivity index (χ2n) is 6.74. The number of carboxylic acid groups (broad SMARTS) is 1. The van der Waals surface area contributed by atoms with Crippen molar-refractivity contribution < 1.29 is 23.5 Å². The number of amides is 1. The van der Waals surface area contributed by atoms with Crippen LogP contribution in [0.3, 0.4) is 0 Å².